The zero-order valence-electron chi connectivity index (χ0n) is 8.75. The molecule has 4 heteroatoms. The van der Waals surface area contributed by atoms with Crippen LogP contribution < -0.4 is 9.47 Å². The maximum atomic E-state index is 9.08. The van der Waals surface area contributed by atoms with Gasteiger partial charge in [0.25, 0.3) is 0 Å². The fraction of sp³-hybridized carbons (Fsp3) is 0.0833. The monoisotopic (exact) mass is 217 g/mol. The van der Waals surface area contributed by atoms with E-state index in [1.807, 2.05) is 12.1 Å². The predicted molar refractivity (Wildman–Crippen MR) is 59.0 cm³/mol. The van der Waals surface area contributed by atoms with Gasteiger partial charge in [0, 0.05) is 6.07 Å². The van der Waals surface area contributed by atoms with Crippen LogP contribution in [-0.4, -0.2) is 17.2 Å². The Kier molecular flexibility index (Phi) is 2.91. The van der Waals surface area contributed by atoms with Crippen LogP contribution in [0, 0.1) is 0 Å². The molecule has 0 bridgehead atoms. The Balaban J connectivity index is 2.23. The van der Waals surface area contributed by atoms with Crippen LogP contribution in [0.4, 0.5) is 0 Å². The molecule has 0 fully saturated rings. The van der Waals surface area contributed by atoms with Crippen molar-refractivity contribution in [2.24, 2.45) is 0 Å². The molecule has 0 aliphatic heterocycles. The summed E-state index contributed by atoms with van der Waals surface area (Å²) < 4.78 is 10.6. The molecule has 0 aliphatic carbocycles. The van der Waals surface area contributed by atoms with Crippen molar-refractivity contribution in [3.05, 3.63) is 42.6 Å². The molecule has 0 radical (unpaired) electrons. The fourth-order valence-corrected chi connectivity index (χ4v) is 1.25. The SMILES string of the molecule is COc1ccccc1Oc1ccc(O)cn1. The number of aromatic nitrogens is 1. The second-order valence-electron chi connectivity index (χ2n) is 3.11. The molecule has 0 unspecified atom stereocenters. The Morgan fingerprint density at radius 2 is 1.81 bits per heavy atom. The zero-order chi connectivity index (χ0) is 11.4. The summed E-state index contributed by atoms with van der Waals surface area (Å²) in [6.45, 7) is 0. The highest BCUT2D eigenvalue weighted by molar-refractivity contribution is 5.41. The van der Waals surface area contributed by atoms with Gasteiger partial charge >= 0.3 is 0 Å². The minimum absolute atomic E-state index is 0.104. The average molecular weight is 217 g/mol. The van der Waals surface area contributed by atoms with E-state index in [0.717, 1.165) is 0 Å². The lowest BCUT2D eigenvalue weighted by atomic mass is 10.3. The number of hydrogen-bond donors (Lipinski definition) is 1. The number of rotatable bonds is 3. The topological polar surface area (TPSA) is 51.6 Å². The van der Waals surface area contributed by atoms with E-state index in [4.69, 9.17) is 14.6 Å². The Morgan fingerprint density at radius 3 is 2.44 bits per heavy atom. The maximum Gasteiger partial charge on any atom is 0.219 e. The smallest absolute Gasteiger partial charge is 0.219 e. The van der Waals surface area contributed by atoms with Gasteiger partial charge in [0.2, 0.25) is 5.88 Å². The number of benzene rings is 1. The van der Waals surface area contributed by atoms with Gasteiger partial charge in [-0.25, -0.2) is 4.98 Å². The van der Waals surface area contributed by atoms with E-state index in [1.165, 1.54) is 12.3 Å². The first-order valence-electron chi connectivity index (χ1n) is 4.75. The Bertz CT molecular complexity index is 468. The number of hydrogen-bond acceptors (Lipinski definition) is 4. The first kappa shape index (κ1) is 10.3. The predicted octanol–water partition coefficient (Wildman–Crippen LogP) is 2.59. The van der Waals surface area contributed by atoms with Gasteiger partial charge in [0.15, 0.2) is 11.5 Å². The van der Waals surface area contributed by atoms with Crippen LogP contribution in [0.1, 0.15) is 0 Å². The highest BCUT2D eigenvalue weighted by Crippen LogP contribution is 2.30. The minimum Gasteiger partial charge on any atom is -0.506 e. The van der Waals surface area contributed by atoms with E-state index in [0.29, 0.717) is 17.4 Å². The Morgan fingerprint density at radius 1 is 1.06 bits per heavy atom. The van der Waals surface area contributed by atoms with Gasteiger partial charge in [0.05, 0.1) is 13.3 Å². The van der Waals surface area contributed by atoms with Crippen LogP contribution in [0.25, 0.3) is 0 Å². The van der Waals surface area contributed by atoms with Crippen LogP contribution in [-0.2, 0) is 0 Å². The van der Waals surface area contributed by atoms with Crippen molar-refractivity contribution in [3.8, 4) is 23.1 Å². The van der Waals surface area contributed by atoms with E-state index in [-0.39, 0.29) is 5.75 Å². The summed E-state index contributed by atoms with van der Waals surface area (Å²) in [6.07, 6.45) is 1.32. The van der Waals surface area contributed by atoms with Gasteiger partial charge in [0.1, 0.15) is 5.75 Å². The van der Waals surface area contributed by atoms with Gasteiger partial charge in [-0.05, 0) is 18.2 Å². The molecule has 0 saturated heterocycles. The lowest BCUT2D eigenvalue weighted by molar-refractivity contribution is 0.373. The van der Waals surface area contributed by atoms with Gasteiger partial charge < -0.3 is 14.6 Å². The molecule has 0 aliphatic rings. The second-order valence-corrected chi connectivity index (χ2v) is 3.11. The molecule has 16 heavy (non-hydrogen) atoms. The number of pyridine rings is 1. The average Bonchev–Trinajstić information content (AvgIpc) is 2.33. The van der Waals surface area contributed by atoms with E-state index >= 15 is 0 Å². The third kappa shape index (κ3) is 2.23. The Hall–Kier alpha value is -2.23. The highest BCUT2D eigenvalue weighted by Gasteiger charge is 2.04. The molecule has 0 atom stereocenters. The molecule has 0 spiro atoms. The number of methoxy groups -OCH3 is 1. The normalized spacial score (nSPS) is 9.81. The highest BCUT2D eigenvalue weighted by atomic mass is 16.5. The van der Waals surface area contributed by atoms with Crippen molar-refractivity contribution >= 4 is 0 Å². The molecule has 2 rings (SSSR count). The van der Waals surface area contributed by atoms with E-state index in [9.17, 15) is 0 Å². The van der Waals surface area contributed by atoms with Crippen molar-refractivity contribution in [1.82, 2.24) is 4.98 Å². The van der Waals surface area contributed by atoms with Gasteiger partial charge in [-0.3, -0.25) is 0 Å². The molecule has 4 nitrogen and oxygen atoms in total. The first-order valence-corrected chi connectivity index (χ1v) is 4.75. The molecule has 1 aromatic heterocycles. The van der Waals surface area contributed by atoms with Crippen LogP contribution in [0.2, 0.25) is 0 Å². The fourth-order valence-electron chi connectivity index (χ4n) is 1.25. The molecule has 0 amide bonds. The van der Waals surface area contributed by atoms with E-state index in [1.54, 1.807) is 25.3 Å². The standard InChI is InChI=1S/C12H11NO3/c1-15-10-4-2-3-5-11(10)16-12-7-6-9(14)8-13-12/h2-8,14H,1H3. The second kappa shape index (κ2) is 4.53. The largest absolute Gasteiger partial charge is 0.506 e. The lowest BCUT2D eigenvalue weighted by Gasteiger charge is -2.08. The van der Waals surface area contributed by atoms with Crippen molar-refractivity contribution in [3.63, 3.8) is 0 Å². The van der Waals surface area contributed by atoms with Crippen LogP contribution in [0.5, 0.6) is 23.1 Å². The molecule has 82 valence electrons. The van der Waals surface area contributed by atoms with Crippen molar-refractivity contribution in [2.75, 3.05) is 7.11 Å². The lowest BCUT2D eigenvalue weighted by Crippen LogP contribution is -1.91. The molecular formula is C12H11NO3. The number of nitrogens with zero attached hydrogens (tertiary/aromatic N) is 1. The summed E-state index contributed by atoms with van der Waals surface area (Å²) in [5.74, 6) is 1.73. The summed E-state index contributed by atoms with van der Waals surface area (Å²) in [5.41, 5.74) is 0. The molecule has 0 saturated carbocycles. The molecule has 1 aromatic carbocycles. The minimum atomic E-state index is 0.104. The number of aromatic hydroxyl groups is 1. The van der Waals surface area contributed by atoms with Crippen LogP contribution in [0.15, 0.2) is 42.6 Å². The summed E-state index contributed by atoms with van der Waals surface area (Å²) in [5, 5.41) is 9.08. The van der Waals surface area contributed by atoms with Crippen molar-refractivity contribution < 1.29 is 14.6 Å². The van der Waals surface area contributed by atoms with E-state index < -0.39 is 0 Å². The zero-order valence-corrected chi connectivity index (χ0v) is 8.75. The first-order chi connectivity index (χ1) is 7.79. The summed E-state index contributed by atoms with van der Waals surface area (Å²) in [7, 11) is 1.58. The molecule has 1 heterocycles. The quantitative estimate of drug-likeness (QED) is 0.858. The van der Waals surface area contributed by atoms with Crippen LogP contribution in [0.3, 0.4) is 0 Å². The third-order valence-electron chi connectivity index (χ3n) is 2.00. The van der Waals surface area contributed by atoms with Crippen molar-refractivity contribution in [1.29, 1.82) is 0 Å². The van der Waals surface area contributed by atoms with Crippen molar-refractivity contribution in [2.45, 2.75) is 0 Å². The number of para-hydroxylation sites is 2. The van der Waals surface area contributed by atoms with Gasteiger partial charge in [-0.1, -0.05) is 12.1 Å². The molecule has 2 aromatic rings. The third-order valence-corrected chi connectivity index (χ3v) is 2.00. The summed E-state index contributed by atoms with van der Waals surface area (Å²) >= 11 is 0. The van der Waals surface area contributed by atoms with Crippen LogP contribution >= 0.6 is 0 Å². The summed E-state index contributed by atoms with van der Waals surface area (Å²) in [6, 6.07) is 10.4. The summed E-state index contributed by atoms with van der Waals surface area (Å²) in [4.78, 5) is 3.92. The van der Waals surface area contributed by atoms with Gasteiger partial charge in [-0.15, -0.1) is 0 Å². The Labute approximate surface area is 93.1 Å². The molecule has 1 N–H and O–H groups in total. The maximum absolute atomic E-state index is 9.08. The number of ether oxygens (including phenoxy) is 2. The van der Waals surface area contributed by atoms with Gasteiger partial charge in [-0.2, -0.15) is 0 Å². The van der Waals surface area contributed by atoms with E-state index in [2.05, 4.69) is 4.98 Å². The molecular weight excluding hydrogens is 206 g/mol.